The summed E-state index contributed by atoms with van der Waals surface area (Å²) in [5, 5.41) is 3.47. The third-order valence-electron chi connectivity index (χ3n) is 3.99. The molecule has 112 valence electrons. The summed E-state index contributed by atoms with van der Waals surface area (Å²) in [6.45, 7) is 13.1. The lowest BCUT2D eigenvalue weighted by molar-refractivity contribution is 0.675. The largest absolute Gasteiger partial charge is 0.313 e. The third-order valence-corrected chi connectivity index (χ3v) is 3.99. The lowest BCUT2D eigenvalue weighted by Gasteiger charge is -2.15. The van der Waals surface area contributed by atoms with Crippen molar-refractivity contribution < 1.29 is 0 Å². The van der Waals surface area contributed by atoms with Crippen molar-refractivity contribution in [3.63, 3.8) is 0 Å². The Labute approximate surface area is 129 Å². The van der Waals surface area contributed by atoms with Crippen LogP contribution in [0, 0.1) is 27.7 Å². The van der Waals surface area contributed by atoms with Crippen molar-refractivity contribution in [2.24, 2.45) is 0 Å². The molecule has 0 saturated carbocycles. The minimum atomic E-state index is 0.959. The highest BCUT2D eigenvalue weighted by atomic mass is 14.8. The van der Waals surface area contributed by atoms with Gasteiger partial charge in [0.05, 0.1) is 0 Å². The van der Waals surface area contributed by atoms with Gasteiger partial charge in [-0.15, -0.1) is 0 Å². The Morgan fingerprint density at radius 2 is 1.52 bits per heavy atom. The van der Waals surface area contributed by atoms with Crippen molar-refractivity contribution in [3.8, 4) is 11.1 Å². The van der Waals surface area contributed by atoms with Crippen LogP contribution in [0.25, 0.3) is 11.1 Å². The van der Waals surface area contributed by atoms with Crippen molar-refractivity contribution >= 4 is 0 Å². The molecule has 1 heteroatoms. The quantitative estimate of drug-likeness (QED) is 0.753. The topological polar surface area (TPSA) is 12.0 Å². The molecule has 21 heavy (non-hydrogen) atoms. The second kappa shape index (κ2) is 6.91. The van der Waals surface area contributed by atoms with Gasteiger partial charge in [0.2, 0.25) is 0 Å². The summed E-state index contributed by atoms with van der Waals surface area (Å²) in [5.74, 6) is 0. The standard InChI is InChI=1S/C20H27N/c1-6-9-21-13-18-7-8-19(15(3)12-18)20-16(4)10-14(2)11-17(20)5/h7-8,10-12,21H,6,9,13H2,1-5H3. The Balaban J connectivity index is 2.33. The van der Waals surface area contributed by atoms with E-state index in [2.05, 4.69) is 70.3 Å². The monoisotopic (exact) mass is 281 g/mol. The molecule has 0 amide bonds. The summed E-state index contributed by atoms with van der Waals surface area (Å²) in [7, 11) is 0. The molecule has 0 atom stereocenters. The maximum Gasteiger partial charge on any atom is 0.0205 e. The minimum Gasteiger partial charge on any atom is -0.313 e. The Kier molecular flexibility index (Phi) is 5.19. The molecule has 0 radical (unpaired) electrons. The maximum atomic E-state index is 3.47. The van der Waals surface area contributed by atoms with Gasteiger partial charge in [-0.3, -0.25) is 0 Å². The predicted octanol–water partition coefficient (Wildman–Crippen LogP) is 5.09. The van der Waals surface area contributed by atoms with Gasteiger partial charge in [0.15, 0.2) is 0 Å². The smallest absolute Gasteiger partial charge is 0.0205 e. The molecule has 2 aromatic rings. The number of nitrogens with one attached hydrogen (secondary N) is 1. The lowest BCUT2D eigenvalue weighted by atomic mass is 9.90. The zero-order valence-electron chi connectivity index (χ0n) is 14.0. The number of hydrogen-bond acceptors (Lipinski definition) is 1. The molecule has 2 rings (SSSR count). The summed E-state index contributed by atoms with van der Waals surface area (Å²) in [5.41, 5.74) is 9.56. The molecule has 0 aromatic heterocycles. The van der Waals surface area contributed by atoms with E-state index in [-0.39, 0.29) is 0 Å². The summed E-state index contributed by atoms with van der Waals surface area (Å²) in [6, 6.07) is 11.4. The molecule has 0 saturated heterocycles. The predicted molar refractivity (Wildman–Crippen MR) is 92.8 cm³/mol. The van der Waals surface area contributed by atoms with E-state index in [1.807, 2.05) is 0 Å². The van der Waals surface area contributed by atoms with E-state index in [0.717, 1.165) is 13.1 Å². The fourth-order valence-corrected chi connectivity index (χ4v) is 3.13. The average molecular weight is 281 g/mol. The van der Waals surface area contributed by atoms with Crippen LogP contribution in [0.5, 0.6) is 0 Å². The zero-order valence-corrected chi connectivity index (χ0v) is 14.0. The van der Waals surface area contributed by atoms with Crippen LogP contribution < -0.4 is 5.32 Å². The second-order valence-electron chi connectivity index (χ2n) is 6.10. The first-order valence-corrected chi connectivity index (χ1v) is 7.91. The van der Waals surface area contributed by atoms with Gasteiger partial charge < -0.3 is 5.32 Å². The normalized spacial score (nSPS) is 10.9. The molecular formula is C20H27N. The van der Waals surface area contributed by atoms with E-state index in [1.54, 1.807) is 0 Å². The van der Waals surface area contributed by atoms with Crippen LogP contribution in [-0.2, 0) is 6.54 Å². The van der Waals surface area contributed by atoms with Crippen molar-refractivity contribution in [3.05, 3.63) is 58.1 Å². The zero-order chi connectivity index (χ0) is 15.4. The first-order valence-electron chi connectivity index (χ1n) is 7.91. The Bertz CT molecular complexity index is 603. The van der Waals surface area contributed by atoms with Crippen LogP contribution in [0.2, 0.25) is 0 Å². The molecule has 2 aromatic carbocycles. The van der Waals surface area contributed by atoms with Crippen molar-refractivity contribution in [2.75, 3.05) is 6.54 Å². The number of hydrogen-bond donors (Lipinski definition) is 1. The van der Waals surface area contributed by atoms with Crippen LogP contribution in [0.4, 0.5) is 0 Å². The summed E-state index contributed by atoms with van der Waals surface area (Å²) in [4.78, 5) is 0. The SMILES string of the molecule is CCCNCc1ccc(-c2c(C)cc(C)cc2C)c(C)c1. The Hall–Kier alpha value is -1.60. The molecular weight excluding hydrogens is 254 g/mol. The first kappa shape index (κ1) is 15.8. The van der Waals surface area contributed by atoms with Gasteiger partial charge in [-0.25, -0.2) is 0 Å². The number of benzene rings is 2. The van der Waals surface area contributed by atoms with Gasteiger partial charge in [-0.1, -0.05) is 42.8 Å². The third kappa shape index (κ3) is 3.74. The van der Waals surface area contributed by atoms with E-state index in [4.69, 9.17) is 0 Å². The van der Waals surface area contributed by atoms with Gasteiger partial charge >= 0.3 is 0 Å². The van der Waals surface area contributed by atoms with Crippen LogP contribution in [0.3, 0.4) is 0 Å². The van der Waals surface area contributed by atoms with Crippen molar-refractivity contribution in [2.45, 2.75) is 47.6 Å². The second-order valence-corrected chi connectivity index (χ2v) is 6.10. The number of aryl methyl sites for hydroxylation is 4. The van der Waals surface area contributed by atoms with Crippen LogP contribution in [0.1, 0.15) is 41.2 Å². The highest BCUT2D eigenvalue weighted by molar-refractivity contribution is 5.74. The fourth-order valence-electron chi connectivity index (χ4n) is 3.13. The van der Waals surface area contributed by atoms with E-state index in [0.29, 0.717) is 0 Å². The van der Waals surface area contributed by atoms with Gasteiger partial charge in [-0.2, -0.15) is 0 Å². The molecule has 0 aliphatic heterocycles. The maximum absolute atomic E-state index is 3.47. The van der Waals surface area contributed by atoms with Crippen LogP contribution >= 0.6 is 0 Å². The molecule has 0 spiro atoms. The lowest BCUT2D eigenvalue weighted by Crippen LogP contribution is -2.13. The van der Waals surface area contributed by atoms with Gasteiger partial charge in [0.1, 0.15) is 0 Å². The molecule has 1 nitrogen and oxygen atoms in total. The molecule has 0 aliphatic rings. The average Bonchev–Trinajstić information content (AvgIpc) is 2.40. The Morgan fingerprint density at radius 3 is 2.10 bits per heavy atom. The highest BCUT2D eigenvalue weighted by Gasteiger charge is 2.09. The van der Waals surface area contributed by atoms with Gasteiger partial charge in [0.25, 0.3) is 0 Å². The van der Waals surface area contributed by atoms with Crippen molar-refractivity contribution in [1.29, 1.82) is 0 Å². The van der Waals surface area contributed by atoms with E-state index >= 15 is 0 Å². The van der Waals surface area contributed by atoms with Gasteiger partial charge in [-0.05, 0) is 74.0 Å². The molecule has 0 bridgehead atoms. The number of rotatable bonds is 5. The van der Waals surface area contributed by atoms with Gasteiger partial charge in [0, 0.05) is 6.54 Å². The van der Waals surface area contributed by atoms with E-state index in [9.17, 15) is 0 Å². The van der Waals surface area contributed by atoms with E-state index < -0.39 is 0 Å². The molecule has 0 unspecified atom stereocenters. The summed E-state index contributed by atoms with van der Waals surface area (Å²) < 4.78 is 0. The Morgan fingerprint density at radius 1 is 0.857 bits per heavy atom. The summed E-state index contributed by atoms with van der Waals surface area (Å²) >= 11 is 0. The molecule has 0 fully saturated rings. The van der Waals surface area contributed by atoms with Crippen LogP contribution in [-0.4, -0.2) is 6.54 Å². The van der Waals surface area contributed by atoms with Crippen LogP contribution in [0.15, 0.2) is 30.3 Å². The fraction of sp³-hybridized carbons (Fsp3) is 0.400. The molecule has 1 N–H and O–H groups in total. The highest BCUT2D eigenvalue weighted by Crippen LogP contribution is 2.31. The van der Waals surface area contributed by atoms with E-state index in [1.165, 1.54) is 45.4 Å². The molecule has 0 heterocycles. The summed E-state index contributed by atoms with van der Waals surface area (Å²) in [6.07, 6.45) is 1.18. The van der Waals surface area contributed by atoms with Crippen molar-refractivity contribution in [1.82, 2.24) is 5.32 Å². The minimum absolute atomic E-state index is 0.959. The molecule has 0 aliphatic carbocycles. The first-order chi connectivity index (χ1) is 10.0.